The Balaban J connectivity index is 2.02. The average Bonchev–Trinajstić information content (AvgIpc) is 2.53. The molecule has 1 aromatic heterocycles. The normalized spacial score (nSPS) is 24.1. The average molecular weight is 282 g/mol. The van der Waals surface area contributed by atoms with Crippen LogP contribution in [-0.4, -0.2) is 4.98 Å². The van der Waals surface area contributed by atoms with Gasteiger partial charge in [-0.25, -0.2) is 0 Å². The van der Waals surface area contributed by atoms with Crippen molar-refractivity contribution in [3.8, 4) is 0 Å². The van der Waals surface area contributed by atoms with Gasteiger partial charge in [-0.2, -0.15) is 0 Å². The third-order valence-corrected chi connectivity index (χ3v) is 5.19. The zero-order valence-corrected chi connectivity index (χ0v) is 13.2. The van der Waals surface area contributed by atoms with E-state index in [0.29, 0.717) is 5.92 Å². The molecule has 0 amide bonds. The number of nitrogens with two attached hydrogens (primary N) is 1. The van der Waals surface area contributed by atoms with Crippen LogP contribution in [0.4, 0.5) is 0 Å². The molecule has 0 aliphatic heterocycles. The van der Waals surface area contributed by atoms with Crippen LogP contribution in [0.2, 0.25) is 0 Å². The predicted octanol–water partition coefficient (Wildman–Crippen LogP) is 4.76. The number of pyridine rings is 1. The van der Waals surface area contributed by atoms with Gasteiger partial charge in [0.25, 0.3) is 0 Å². The Morgan fingerprint density at radius 2 is 2.00 bits per heavy atom. The van der Waals surface area contributed by atoms with E-state index in [1.165, 1.54) is 43.1 Å². The lowest BCUT2D eigenvalue weighted by Crippen LogP contribution is -2.30. The zero-order valence-electron chi connectivity index (χ0n) is 13.2. The minimum absolute atomic E-state index is 0.141. The zero-order chi connectivity index (χ0) is 14.8. The fraction of sp³-hybridized carbons (Fsp3) is 0.526. The molecule has 1 heterocycles. The SMILES string of the molecule is CCC1CCCCC1C(N)c1cc(C)nc2ccccc12. The Morgan fingerprint density at radius 3 is 2.81 bits per heavy atom. The van der Waals surface area contributed by atoms with Crippen LogP contribution in [0, 0.1) is 18.8 Å². The highest BCUT2D eigenvalue weighted by molar-refractivity contribution is 5.82. The fourth-order valence-electron chi connectivity index (χ4n) is 4.06. The largest absolute Gasteiger partial charge is 0.324 e. The lowest BCUT2D eigenvalue weighted by Gasteiger charge is -2.35. The number of benzene rings is 1. The van der Waals surface area contributed by atoms with E-state index in [-0.39, 0.29) is 6.04 Å². The van der Waals surface area contributed by atoms with Crippen molar-refractivity contribution in [2.45, 2.75) is 52.0 Å². The van der Waals surface area contributed by atoms with E-state index in [2.05, 4.69) is 49.2 Å². The predicted molar refractivity (Wildman–Crippen MR) is 89.1 cm³/mol. The van der Waals surface area contributed by atoms with Crippen LogP contribution in [-0.2, 0) is 0 Å². The van der Waals surface area contributed by atoms with Gasteiger partial charge in [0.1, 0.15) is 0 Å². The second-order valence-electron chi connectivity index (χ2n) is 6.51. The van der Waals surface area contributed by atoms with Crippen molar-refractivity contribution in [3.05, 3.63) is 41.6 Å². The van der Waals surface area contributed by atoms with Crippen LogP contribution in [0.3, 0.4) is 0 Å². The summed E-state index contributed by atoms with van der Waals surface area (Å²) < 4.78 is 0. The van der Waals surface area contributed by atoms with Crippen LogP contribution in [0.1, 0.15) is 56.3 Å². The first kappa shape index (κ1) is 14.5. The molecule has 2 aromatic rings. The third-order valence-electron chi connectivity index (χ3n) is 5.19. The Kier molecular flexibility index (Phi) is 4.25. The van der Waals surface area contributed by atoms with E-state index in [0.717, 1.165) is 17.1 Å². The molecule has 3 unspecified atom stereocenters. The Labute approximate surface area is 127 Å². The number of rotatable bonds is 3. The molecule has 1 aliphatic rings. The molecule has 0 spiro atoms. The van der Waals surface area contributed by atoms with Gasteiger partial charge >= 0.3 is 0 Å². The Morgan fingerprint density at radius 1 is 1.24 bits per heavy atom. The number of nitrogens with zero attached hydrogens (tertiary/aromatic N) is 1. The maximum atomic E-state index is 6.74. The van der Waals surface area contributed by atoms with Crippen LogP contribution in [0.25, 0.3) is 10.9 Å². The number of fused-ring (bicyclic) bond motifs is 1. The maximum Gasteiger partial charge on any atom is 0.0708 e. The number of para-hydroxylation sites is 1. The molecule has 1 aromatic carbocycles. The highest BCUT2D eigenvalue weighted by Gasteiger charge is 2.30. The molecule has 21 heavy (non-hydrogen) atoms. The van der Waals surface area contributed by atoms with Crippen molar-refractivity contribution in [2.75, 3.05) is 0 Å². The van der Waals surface area contributed by atoms with Gasteiger partial charge in [0.2, 0.25) is 0 Å². The van der Waals surface area contributed by atoms with Crippen molar-refractivity contribution >= 4 is 10.9 Å². The summed E-state index contributed by atoms with van der Waals surface area (Å²) in [7, 11) is 0. The number of aromatic nitrogens is 1. The molecule has 0 saturated heterocycles. The first-order valence-electron chi connectivity index (χ1n) is 8.32. The summed E-state index contributed by atoms with van der Waals surface area (Å²) in [6.07, 6.45) is 6.57. The minimum Gasteiger partial charge on any atom is -0.324 e. The molecule has 1 saturated carbocycles. The quantitative estimate of drug-likeness (QED) is 0.881. The highest BCUT2D eigenvalue weighted by Crippen LogP contribution is 2.40. The van der Waals surface area contributed by atoms with Gasteiger partial charge in [-0.05, 0) is 42.9 Å². The molecule has 3 atom stereocenters. The molecule has 2 nitrogen and oxygen atoms in total. The first-order chi connectivity index (χ1) is 10.2. The van der Waals surface area contributed by atoms with Gasteiger partial charge in [0, 0.05) is 17.1 Å². The van der Waals surface area contributed by atoms with Crippen LogP contribution >= 0.6 is 0 Å². The summed E-state index contributed by atoms with van der Waals surface area (Å²) in [4.78, 5) is 4.65. The molecule has 0 bridgehead atoms. The summed E-state index contributed by atoms with van der Waals surface area (Å²) in [5, 5.41) is 1.23. The molecule has 2 N–H and O–H groups in total. The second kappa shape index (κ2) is 6.15. The van der Waals surface area contributed by atoms with Gasteiger partial charge in [0.15, 0.2) is 0 Å². The first-order valence-corrected chi connectivity index (χ1v) is 8.32. The molecule has 112 valence electrons. The van der Waals surface area contributed by atoms with E-state index in [4.69, 9.17) is 5.73 Å². The summed E-state index contributed by atoms with van der Waals surface area (Å²) in [5.74, 6) is 1.40. The topological polar surface area (TPSA) is 38.9 Å². The Hall–Kier alpha value is -1.41. The lowest BCUT2D eigenvalue weighted by atomic mass is 9.72. The molecule has 3 rings (SSSR count). The fourth-order valence-corrected chi connectivity index (χ4v) is 4.06. The van der Waals surface area contributed by atoms with Crippen LogP contribution in [0.15, 0.2) is 30.3 Å². The van der Waals surface area contributed by atoms with Gasteiger partial charge < -0.3 is 5.73 Å². The smallest absolute Gasteiger partial charge is 0.0708 e. The lowest BCUT2D eigenvalue weighted by molar-refractivity contribution is 0.197. The van der Waals surface area contributed by atoms with Crippen LogP contribution in [0.5, 0.6) is 0 Å². The van der Waals surface area contributed by atoms with Gasteiger partial charge in [0.05, 0.1) is 5.52 Å². The molecule has 1 fully saturated rings. The van der Waals surface area contributed by atoms with Gasteiger partial charge in [-0.15, -0.1) is 0 Å². The van der Waals surface area contributed by atoms with Gasteiger partial charge in [-0.3, -0.25) is 4.98 Å². The molecule has 1 aliphatic carbocycles. The van der Waals surface area contributed by atoms with Crippen molar-refractivity contribution in [2.24, 2.45) is 17.6 Å². The standard InChI is InChI=1S/C19H26N2/c1-3-14-8-4-5-9-15(14)19(20)17-12-13(2)21-18-11-7-6-10-16(17)18/h6-7,10-12,14-15,19H,3-5,8-9,20H2,1-2H3. The van der Waals surface area contributed by atoms with E-state index in [9.17, 15) is 0 Å². The highest BCUT2D eigenvalue weighted by atomic mass is 14.7. The van der Waals surface area contributed by atoms with Crippen molar-refractivity contribution in [3.63, 3.8) is 0 Å². The van der Waals surface area contributed by atoms with Gasteiger partial charge in [-0.1, -0.05) is 50.8 Å². The van der Waals surface area contributed by atoms with Crippen molar-refractivity contribution < 1.29 is 0 Å². The Bertz CT molecular complexity index is 620. The molecule has 0 radical (unpaired) electrons. The second-order valence-corrected chi connectivity index (χ2v) is 6.51. The van der Waals surface area contributed by atoms with E-state index < -0.39 is 0 Å². The number of hydrogen-bond donors (Lipinski definition) is 1. The maximum absolute atomic E-state index is 6.74. The molecular weight excluding hydrogens is 256 g/mol. The van der Waals surface area contributed by atoms with Crippen LogP contribution < -0.4 is 5.73 Å². The number of hydrogen-bond acceptors (Lipinski definition) is 2. The van der Waals surface area contributed by atoms with Crippen molar-refractivity contribution in [1.82, 2.24) is 4.98 Å². The summed E-state index contributed by atoms with van der Waals surface area (Å²) in [5.41, 5.74) is 10.2. The summed E-state index contributed by atoms with van der Waals surface area (Å²) >= 11 is 0. The third kappa shape index (κ3) is 2.82. The monoisotopic (exact) mass is 282 g/mol. The molecule has 2 heteroatoms. The summed E-state index contributed by atoms with van der Waals surface area (Å²) in [6.45, 7) is 4.38. The van der Waals surface area contributed by atoms with E-state index >= 15 is 0 Å². The van der Waals surface area contributed by atoms with Crippen molar-refractivity contribution in [1.29, 1.82) is 0 Å². The molecular formula is C19H26N2. The summed E-state index contributed by atoms with van der Waals surface area (Å²) in [6, 6.07) is 10.8. The number of aryl methyl sites for hydroxylation is 1. The van der Waals surface area contributed by atoms with E-state index in [1.54, 1.807) is 0 Å². The van der Waals surface area contributed by atoms with E-state index in [1.807, 2.05) is 0 Å². The minimum atomic E-state index is 0.141.